The van der Waals surface area contributed by atoms with Crippen LogP contribution in [0.3, 0.4) is 0 Å². The number of carbonyl (C=O) groups is 1. The average molecular weight is 535 g/mol. The second-order valence-electron chi connectivity index (χ2n) is 10.5. The van der Waals surface area contributed by atoms with Gasteiger partial charge in [-0.05, 0) is 61.9 Å². The number of benzene rings is 2. The van der Waals surface area contributed by atoms with Gasteiger partial charge in [-0.3, -0.25) is 9.20 Å². The highest BCUT2D eigenvalue weighted by Crippen LogP contribution is 2.39. The summed E-state index contributed by atoms with van der Waals surface area (Å²) in [6.45, 7) is 12.3. The van der Waals surface area contributed by atoms with Gasteiger partial charge >= 0.3 is 0 Å². The van der Waals surface area contributed by atoms with E-state index in [2.05, 4.69) is 25.8 Å². The first-order chi connectivity index (χ1) is 18.2. The molecule has 0 radical (unpaired) electrons. The van der Waals surface area contributed by atoms with E-state index >= 15 is 0 Å². The van der Waals surface area contributed by atoms with E-state index in [0.29, 0.717) is 38.6 Å². The van der Waals surface area contributed by atoms with E-state index in [4.69, 9.17) is 16.3 Å². The molecule has 4 nitrogen and oxygen atoms in total. The van der Waals surface area contributed by atoms with Crippen molar-refractivity contribution in [3.8, 4) is 22.4 Å². The molecular formula is C32H36ClFN2O2. The van der Waals surface area contributed by atoms with Crippen molar-refractivity contribution < 1.29 is 13.9 Å². The van der Waals surface area contributed by atoms with Crippen LogP contribution in [-0.4, -0.2) is 28.4 Å². The number of rotatable bonds is 7. The van der Waals surface area contributed by atoms with Crippen molar-refractivity contribution in [1.82, 2.24) is 9.38 Å². The van der Waals surface area contributed by atoms with Crippen LogP contribution in [-0.2, 0) is 4.74 Å². The summed E-state index contributed by atoms with van der Waals surface area (Å²) in [4.78, 5) is 16.3. The second-order valence-corrected chi connectivity index (χ2v) is 10.9. The van der Waals surface area contributed by atoms with Crippen molar-refractivity contribution >= 4 is 23.0 Å². The van der Waals surface area contributed by atoms with Gasteiger partial charge in [0.2, 0.25) is 0 Å². The third kappa shape index (κ3) is 5.84. The molecule has 0 N–H and O–H groups in total. The lowest BCUT2D eigenvalue weighted by Crippen LogP contribution is -2.43. The van der Waals surface area contributed by atoms with Gasteiger partial charge in [0.05, 0.1) is 13.2 Å². The monoisotopic (exact) mass is 534 g/mol. The standard InChI is InChI=1S/C22H16ClFN2O.C10H20O/c1-13-7-8-17(19(24)11-13)16-5-3-4-6-18(16)21-22(23)26-10-9-15(14(2)27)12-20(26)25-21;1-4-9(3)6-10(5-2)7-11-8-10/h3-12H,1-2H3;9H,4-8H2,1-3H3. The highest BCUT2D eigenvalue weighted by molar-refractivity contribution is 6.32. The molecule has 1 aliphatic rings. The number of fused-ring (bicyclic) bond motifs is 1. The lowest BCUT2D eigenvalue weighted by Gasteiger charge is -2.42. The molecule has 0 aliphatic carbocycles. The summed E-state index contributed by atoms with van der Waals surface area (Å²) >= 11 is 6.57. The van der Waals surface area contributed by atoms with Crippen LogP contribution >= 0.6 is 11.6 Å². The molecule has 0 bridgehead atoms. The third-order valence-electron chi connectivity index (χ3n) is 7.62. The number of hydrogen-bond donors (Lipinski definition) is 0. The van der Waals surface area contributed by atoms with E-state index in [0.717, 1.165) is 30.3 Å². The number of carbonyl (C=O) groups excluding carboxylic acids is 1. The van der Waals surface area contributed by atoms with Crippen LogP contribution in [0.5, 0.6) is 0 Å². The van der Waals surface area contributed by atoms with Crippen molar-refractivity contribution in [2.24, 2.45) is 11.3 Å². The summed E-state index contributed by atoms with van der Waals surface area (Å²) in [5, 5.41) is 0.417. The van der Waals surface area contributed by atoms with E-state index in [1.807, 2.05) is 37.3 Å². The van der Waals surface area contributed by atoms with Crippen LogP contribution in [0.1, 0.15) is 62.9 Å². The lowest BCUT2D eigenvalue weighted by atomic mass is 9.75. The van der Waals surface area contributed by atoms with Crippen LogP contribution in [0, 0.1) is 24.1 Å². The maximum atomic E-state index is 14.6. The number of ether oxygens (including phenoxy) is 1. The molecular weight excluding hydrogens is 499 g/mol. The fourth-order valence-electron chi connectivity index (χ4n) is 4.91. The fourth-order valence-corrected chi connectivity index (χ4v) is 5.20. The minimum atomic E-state index is -0.291. The molecule has 6 heteroatoms. The predicted molar refractivity (Wildman–Crippen MR) is 153 cm³/mol. The van der Waals surface area contributed by atoms with Crippen molar-refractivity contribution in [3.05, 3.63) is 82.9 Å². The van der Waals surface area contributed by atoms with Crippen molar-refractivity contribution in [2.45, 2.75) is 53.9 Å². The van der Waals surface area contributed by atoms with E-state index in [1.54, 1.807) is 28.8 Å². The molecule has 200 valence electrons. The van der Waals surface area contributed by atoms with Crippen molar-refractivity contribution in [1.29, 1.82) is 0 Å². The molecule has 1 unspecified atom stereocenters. The number of aryl methyl sites for hydroxylation is 1. The Hall–Kier alpha value is -3.02. The third-order valence-corrected chi connectivity index (χ3v) is 7.98. The van der Waals surface area contributed by atoms with Gasteiger partial charge in [-0.15, -0.1) is 0 Å². The summed E-state index contributed by atoms with van der Waals surface area (Å²) < 4.78 is 21.6. The van der Waals surface area contributed by atoms with E-state index < -0.39 is 0 Å². The number of ketones is 1. The Kier molecular flexibility index (Phi) is 8.69. The molecule has 2 aromatic carbocycles. The van der Waals surface area contributed by atoms with E-state index in [9.17, 15) is 9.18 Å². The fraction of sp³-hybridized carbons (Fsp3) is 0.375. The van der Waals surface area contributed by atoms with Crippen LogP contribution < -0.4 is 0 Å². The maximum Gasteiger partial charge on any atom is 0.159 e. The zero-order valence-electron chi connectivity index (χ0n) is 22.9. The Morgan fingerprint density at radius 1 is 1.11 bits per heavy atom. The first-order valence-corrected chi connectivity index (χ1v) is 13.7. The zero-order chi connectivity index (χ0) is 27.4. The van der Waals surface area contributed by atoms with Gasteiger partial charge < -0.3 is 4.74 Å². The molecule has 5 rings (SSSR count). The molecule has 0 amide bonds. The number of aromatic nitrogens is 2. The van der Waals surface area contributed by atoms with E-state index in [-0.39, 0.29) is 11.6 Å². The number of imidazole rings is 1. The van der Waals surface area contributed by atoms with Crippen LogP contribution in [0.2, 0.25) is 5.15 Å². The van der Waals surface area contributed by atoms with E-state index in [1.165, 1.54) is 32.3 Å². The number of hydrogen-bond acceptors (Lipinski definition) is 3. The molecule has 0 spiro atoms. The summed E-state index contributed by atoms with van der Waals surface area (Å²) in [5.74, 6) is 0.542. The van der Waals surface area contributed by atoms with Gasteiger partial charge in [-0.2, -0.15) is 0 Å². The van der Waals surface area contributed by atoms with Crippen molar-refractivity contribution in [3.63, 3.8) is 0 Å². The Morgan fingerprint density at radius 3 is 2.39 bits per heavy atom. The number of nitrogens with zero attached hydrogens (tertiary/aromatic N) is 2. The Morgan fingerprint density at radius 2 is 1.82 bits per heavy atom. The van der Waals surface area contributed by atoms with Crippen LogP contribution in [0.25, 0.3) is 28.0 Å². The van der Waals surface area contributed by atoms with Gasteiger partial charge in [0.25, 0.3) is 0 Å². The zero-order valence-corrected chi connectivity index (χ0v) is 23.6. The summed E-state index contributed by atoms with van der Waals surface area (Å²) in [5.41, 5.74) is 5.05. The molecule has 1 saturated heterocycles. The molecule has 0 saturated carbocycles. The Bertz CT molecular complexity index is 1440. The minimum Gasteiger partial charge on any atom is -0.380 e. The molecule has 1 fully saturated rings. The summed E-state index contributed by atoms with van der Waals surface area (Å²) in [7, 11) is 0. The normalized spacial score (nSPS) is 14.9. The van der Waals surface area contributed by atoms with Crippen LogP contribution in [0.15, 0.2) is 60.8 Å². The maximum absolute atomic E-state index is 14.6. The van der Waals surface area contributed by atoms with Gasteiger partial charge in [-0.25, -0.2) is 9.37 Å². The number of Topliss-reactive ketones (excluding diaryl/α,β-unsaturated/α-hetero) is 1. The highest BCUT2D eigenvalue weighted by atomic mass is 35.5. The largest absolute Gasteiger partial charge is 0.380 e. The van der Waals surface area contributed by atoms with Gasteiger partial charge in [0, 0.05) is 28.3 Å². The second kappa shape index (κ2) is 11.8. The van der Waals surface area contributed by atoms with Crippen molar-refractivity contribution in [2.75, 3.05) is 13.2 Å². The van der Waals surface area contributed by atoms with Crippen LogP contribution in [0.4, 0.5) is 4.39 Å². The van der Waals surface area contributed by atoms with Gasteiger partial charge in [0.15, 0.2) is 5.78 Å². The quantitative estimate of drug-likeness (QED) is 0.222. The molecule has 38 heavy (non-hydrogen) atoms. The summed E-state index contributed by atoms with van der Waals surface area (Å²) in [6.07, 6.45) is 5.68. The Balaban J connectivity index is 0.000000257. The Labute approximate surface area is 229 Å². The average Bonchev–Trinajstić information content (AvgIpc) is 3.22. The minimum absolute atomic E-state index is 0.0414. The SMILES string of the molecule is CC(=O)c1ccn2c(Cl)c(-c3ccccc3-c3ccc(C)cc3F)nc2c1.CCC(C)CC1(CC)COC1. The molecule has 1 atom stereocenters. The molecule has 2 aromatic heterocycles. The highest BCUT2D eigenvalue weighted by Gasteiger charge is 2.37. The van der Waals surface area contributed by atoms with Gasteiger partial charge in [-0.1, -0.05) is 75.2 Å². The topological polar surface area (TPSA) is 43.6 Å². The summed E-state index contributed by atoms with van der Waals surface area (Å²) in [6, 6.07) is 16.0. The smallest absolute Gasteiger partial charge is 0.159 e. The first kappa shape index (κ1) is 28.0. The molecule has 1 aliphatic heterocycles. The number of halogens is 2. The predicted octanol–water partition coefficient (Wildman–Crippen LogP) is 8.82. The first-order valence-electron chi connectivity index (χ1n) is 13.3. The van der Waals surface area contributed by atoms with Gasteiger partial charge in [0.1, 0.15) is 22.3 Å². The number of pyridine rings is 1. The molecule has 3 heterocycles. The lowest BCUT2D eigenvalue weighted by molar-refractivity contribution is -0.125. The molecule has 4 aromatic rings.